The molecule has 0 amide bonds. The molecule has 1 heterocycles. The van der Waals surface area contributed by atoms with Crippen LogP contribution >= 0.6 is 15.9 Å². The number of hydrogen-bond donors (Lipinski definition) is 0. The van der Waals surface area contributed by atoms with Gasteiger partial charge in [0.1, 0.15) is 0 Å². The van der Waals surface area contributed by atoms with Crippen LogP contribution in [0.25, 0.3) is 6.08 Å². The Kier molecular flexibility index (Phi) is 5.61. The third-order valence-corrected chi connectivity index (χ3v) is 4.17. The minimum Gasteiger partial charge on any atom is -0.378 e. The number of nitrogens with zero attached hydrogens (tertiary/aromatic N) is 2. The molecule has 23 heavy (non-hydrogen) atoms. The van der Waals surface area contributed by atoms with Crippen molar-refractivity contribution in [2.75, 3.05) is 31.2 Å². The van der Waals surface area contributed by atoms with Crippen LogP contribution in [0.5, 0.6) is 0 Å². The summed E-state index contributed by atoms with van der Waals surface area (Å²) in [6, 6.07) is 16.5. The number of anilines is 1. The topological polar surface area (TPSA) is 24.8 Å². The van der Waals surface area contributed by atoms with Crippen molar-refractivity contribution in [2.45, 2.75) is 0 Å². The minimum absolute atomic E-state index is 0.806. The average Bonchev–Trinajstić information content (AvgIpc) is 2.60. The second-order valence-electron chi connectivity index (χ2n) is 5.31. The summed E-state index contributed by atoms with van der Waals surface area (Å²) < 4.78 is 6.46. The SMILES string of the molecule is Brc1cccc(/C=C/C=Nc2ccc(N3CCOCC3)cc2)c1. The van der Waals surface area contributed by atoms with E-state index in [0.717, 1.165) is 42.0 Å². The van der Waals surface area contributed by atoms with Gasteiger partial charge >= 0.3 is 0 Å². The average molecular weight is 371 g/mol. The van der Waals surface area contributed by atoms with E-state index < -0.39 is 0 Å². The van der Waals surface area contributed by atoms with E-state index in [4.69, 9.17) is 4.74 Å². The van der Waals surface area contributed by atoms with Crippen LogP contribution in [-0.4, -0.2) is 32.5 Å². The van der Waals surface area contributed by atoms with Gasteiger partial charge in [-0.15, -0.1) is 0 Å². The van der Waals surface area contributed by atoms with Gasteiger partial charge in [-0.3, -0.25) is 4.99 Å². The molecule has 2 aromatic carbocycles. The van der Waals surface area contributed by atoms with Crippen LogP contribution in [0.4, 0.5) is 11.4 Å². The second-order valence-corrected chi connectivity index (χ2v) is 6.22. The first-order valence-electron chi connectivity index (χ1n) is 7.70. The number of morpholine rings is 1. The van der Waals surface area contributed by atoms with Crippen LogP contribution < -0.4 is 4.90 Å². The van der Waals surface area contributed by atoms with E-state index in [1.165, 1.54) is 5.69 Å². The van der Waals surface area contributed by atoms with Crippen LogP contribution in [0.2, 0.25) is 0 Å². The molecule has 4 heteroatoms. The lowest BCUT2D eigenvalue weighted by Crippen LogP contribution is -2.36. The number of ether oxygens (including phenoxy) is 1. The summed E-state index contributed by atoms with van der Waals surface area (Å²) in [4.78, 5) is 6.80. The van der Waals surface area contributed by atoms with Crippen molar-refractivity contribution >= 4 is 39.6 Å². The number of benzene rings is 2. The van der Waals surface area contributed by atoms with E-state index in [1.54, 1.807) is 0 Å². The second kappa shape index (κ2) is 8.09. The Bertz CT molecular complexity index is 689. The van der Waals surface area contributed by atoms with Gasteiger partial charge in [0.2, 0.25) is 0 Å². The summed E-state index contributed by atoms with van der Waals surface area (Å²) in [5, 5.41) is 0. The number of rotatable bonds is 4. The number of allylic oxidation sites excluding steroid dienone is 1. The monoisotopic (exact) mass is 370 g/mol. The van der Waals surface area contributed by atoms with Gasteiger partial charge in [-0.25, -0.2) is 0 Å². The molecule has 1 saturated heterocycles. The molecule has 0 spiro atoms. The van der Waals surface area contributed by atoms with Gasteiger partial charge in [-0.1, -0.05) is 34.1 Å². The lowest BCUT2D eigenvalue weighted by Gasteiger charge is -2.28. The van der Waals surface area contributed by atoms with Gasteiger partial charge in [0, 0.05) is 29.5 Å². The van der Waals surface area contributed by atoms with Crippen molar-refractivity contribution in [1.82, 2.24) is 0 Å². The lowest BCUT2D eigenvalue weighted by molar-refractivity contribution is 0.122. The smallest absolute Gasteiger partial charge is 0.0642 e. The predicted octanol–water partition coefficient (Wildman–Crippen LogP) is 4.70. The molecule has 1 fully saturated rings. The number of aliphatic imine (C=N–C) groups is 1. The Hall–Kier alpha value is -1.91. The number of halogens is 1. The zero-order valence-corrected chi connectivity index (χ0v) is 14.4. The molecule has 0 unspecified atom stereocenters. The van der Waals surface area contributed by atoms with Crippen LogP contribution in [0.15, 0.2) is 64.1 Å². The molecule has 0 atom stereocenters. The Morgan fingerprint density at radius 3 is 2.57 bits per heavy atom. The van der Waals surface area contributed by atoms with Crippen LogP contribution in [0.1, 0.15) is 5.56 Å². The molecule has 0 aromatic heterocycles. The molecule has 0 bridgehead atoms. The van der Waals surface area contributed by atoms with Crippen molar-refractivity contribution in [3.8, 4) is 0 Å². The molecule has 0 aliphatic carbocycles. The summed E-state index contributed by atoms with van der Waals surface area (Å²) in [6.45, 7) is 3.52. The molecule has 1 aliphatic rings. The highest BCUT2D eigenvalue weighted by atomic mass is 79.9. The van der Waals surface area contributed by atoms with Crippen LogP contribution in [0, 0.1) is 0 Å². The highest BCUT2D eigenvalue weighted by Gasteiger charge is 2.10. The first-order valence-corrected chi connectivity index (χ1v) is 8.50. The van der Waals surface area contributed by atoms with E-state index in [0.29, 0.717) is 0 Å². The summed E-state index contributed by atoms with van der Waals surface area (Å²) in [5.74, 6) is 0. The maximum absolute atomic E-state index is 5.38. The quantitative estimate of drug-likeness (QED) is 0.728. The van der Waals surface area contributed by atoms with Gasteiger partial charge in [-0.05, 0) is 48.0 Å². The van der Waals surface area contributed by atoms with Crippen molar-refractivity contribution in [2.24, 2.45) is 4.99 Å². The van der Waals surface area contributed by atoms with Crippen molar-refractivity contribution in [1.29, 1.82) is 0 Å². The molecular weight excluding hydrogens is 352 g/mol. The Morgan fingerprint density at radius 2 is 1.83 bits per heavy atom. The lowest BCUT2D eigenvalue weighted by atomic mass is 10.2. The fourth-order valence-corrected chi connectivity index (χ4v) is 2.88. The Labute approximate surface area is 145 Å². The van der Waals surface area contributed by atoms with Gasteiger partial charge in [-0.2, -0.15) is 0 Å². The fraction of sp³-hybridized carbons (Fsp3) is 0.211. The summed E-state index contributed by atoms with van der Waals surface area (Å²) in [6.07, 6.45) is 5.82. The van der Waals surface area contributed by atoms with Gasteiger partial charge in [0.05, 0.1) is 18.9 Å². The normalized spacial score (nSPS) is 15.6. The van der Waals surface area contributed by atoms with E-state index in [2.05, 4.69) is 50.1 Å². The molecule has 0 N–H and O–H groups in total. The molecule has 2 aromatic rings. The molecule has 3 nitrogen and oxygen atoms in total. The molecule has 118 valence electrons. The Morgan fingerprint density at radius 1 is 1.04 bits per heavy atom. The van der Waals surface area contributed by atoms with Crippen molar-refractivity contribution < 1.29 is 4.74 Å². The van der Waals surface area contributed by atoms with E-state index in [1.807, 2.05) is 42.6 Å². The summed E-state index contributed by atoms with van der Waals surface area (Å²) in [7, 11) is 0. The van der Waals surface area contributed by atoms with Gasteiger partial charge in [0.25, 0.3) is 0 Å². The molecule has 0 saturated carbocycles. The largest absolute Gasteiger partial charge is 0.378 e. The standard InChI is InChI=1S/C19H19BrN2O/c20-17-5-1-3-16(15-17)4-2-10-21-18-6-8-19(9-7-18)22-11-13-23-14-12-22/h1-10,15H,11-14H2/b4-2+,21-10?. The van der Waals surface area contributed by atoms with Gasteiger partial charge in [0.15, 0.2) is 0 Å². The maximum Gasteiger partial charge on any atom is 0.0642 e. The van der Waals surface area contributed by atoms with Crippen LogP contribution in [0.3, 0.4) is 0 Å². The van der Waals surface area contributed by atoms with Crippen molar-refractivity contribution in [3.05, 3.63) is 64.6 Å². The van der Waals surface area contributed by atoms with Gasteiger partial charge < -0.3 is 9.64 Å². The fourth-order valence-electron chi connectivity index (χ4n) is 2.46. The third kappa shape index (κ3) is 4.78. The van der Waals surface area contributed by atoms with E-state index in [9.17, 15) is 0 Å². The van der Waals surface area contributed by atoms with Crippen LogP contribution in [-0.2, 0) is 4.74 Å². The first-order chi connectivity index (χ1) is 11.3. The highest BCUT2D eigenvalue weighted by molar-refractivity contribution is 9.10. The zero-order chi connectivity index (χ0) is 15.9. The van der Waals surface area contributed by atoms with E-state index >= 15 is 0 Å². The van der Waals surface area contributed by atoms with Crippen molar-refractivity contribution in [3.63, 3.8) is 0 Å². The first kappa shape index (κ1) is 16.0. The Balaban J connectivity index is 1.59. The summed E-state index contributed by atoms with van der Waals surface area (Å²) >= 11 is 3.47. The summed E-state index contributed by atoms with van der Waals surface area (Å²) in [5.41, 5.74) is 3.34. The molecule has 3 rings (SSSR count). The third-order valence-electron chi connectivity index (χ3n) is 3.67. The number of hydrogen-bond acceptors (Lipinski definition) is 3. The zero-order valence-electron chi connectivity index (χ0n) is 12.9. The minimum atomic E-state index is 0.806. The highest BCUT2D eigenvalue weighted by Crippen LogP contribution is 2.20. The maximum atomic E-state index is 5.38. The molecule has 1 aliphatic heterocycles. The predicted molar refractivity (Wildman–Crippen MR) is 101 cm³/mol. The van der Waals surface area contributed by atoms with E-state index in [-0.39, 0.29) is 0 Å². The molecule has 0 radical (unpaired) electrons. The molecular formula is C19H19BrN2O.